The Hall–Kier alpha value is -1.67. The summed E-state index contributed by atoms with van der Waals surface area (Å²) in [5.41, 5.74) is 1.46. The Morgan fingerprint density at radius 2 is 1.15 bits per heavy atom. The molecule has 0 saturated carbocycles. The van der Waals surface area contributed by atoms with Crippen molar-refractivity contribution in [1.29, 1.82) is 0 Å². The lowest BCUT2D eigenvalue weighted by atomic mass is 9.92. The van der Waals surface area contributed by atoms with E-state index >= 15 is 4.39 Å². The number of halogens is 1. The molecule has 1 saturated heterocycles. The molecule has 2 aromatic rings. The molecule has 0 N–H and O–H groups in total. The van der Waals surface area contributed by atoms with E-state index in [9.17, 15) is 0 Å². The molecule has 1 nitrogen and oxygen atoms in total. The zero-order chi connectivity index (χ0) is 13.8. The van der Waals surface area contributed by atoms with Gasteiger partial charge in [-0.3, -0.25) is 4.90 Å². The topological polar surface area (TPSA) is 3.24 Å². The van der Waals surface area contributed by atoms with Crippen molar-refractivity contribution in [3.8, 4) is 0 Å². The molecule has 1 heterocycles. The van der Waals surface area contributed by atoms with Crippen LogP contribution in [0.2, 0.25) is 0 Å². The van der Waals surface area contributed by atoms with Gasteiger partial charge in [0.15, 0.2) is 0 Å². The molecule has 0 radical (unpaired) electrons. The average Bonchev–Trinajstić information content (AvgIpc) is 2.56. The molecule has 20 heavy (non-hydrogen) atoms. The summed E-state index contributed by atoms with van der Waals surface area (Å²) in [6, 6.07) is 19.1. The lowest BCUT2D eigenvalue weighted by molar-refractivity contribution is -0.0160. The molecule has 0 spiro atoms. The molecule has 0 atom stereocenters. The van der Waals surface area contributed by atoms with Gasteiger partial charge < -0.3 is 0 Å². The summed E-state index contributed by atoms with van der Waals surface area (Å²) < 4.78 is 16.1. The summed E-state index contributed by atoms with van der Waals surface area (Å²) in [4.78, 5) is 1.99. The third kappa shape index (κ3) is 2.36. The Bertz CT molecular complexity index is 492. The molecule has 3 rings (SSSR count). The number of nitrogens with zero attached hydrogens (tertiary/aromatic N) is 1. The quantitative estimate of drug-likeness (QED) is 0.749. The van der Waals surface area contributed by atoms with Crippen LogP contribution in [0.3, 0.4) is 0 Å². The van der Waals surface area contributed by atoms with Gasteiger partial charge in [-0.25, -0.2) is 4.39 Å². The van der Waals surface area contributed by atoms with Crippen LogP contribution in [0.25, 0.3) is 0 Å². The first-order valence-electron chi connectivity index (χ1n) is 7.37. The van der Waals surface area contributed by atoms with Crippen LogP contribution < -0.4 is 0 Å². The number of piperidine rings is 1. The Labute approximate surface area is 120 Å². The maximum Gasteiger partial charge on any atom is 0.215 e. The van der Waals surface area contributed by atoms with Crippen molar-refractivity contribution in [3.63, 3.8) is 0 Å². The number of rotatable bonds is 3. The second-order valence-electron chi connectivity index (χ2n) is 5.40. The minimum Gasteiger partial charge on any atom is -0.264 e. The highest BCUT2D eigenvalue weighted by Gasteiger charge is 2.40. The molecule has 0 aromatic heterocycles. The van der Waals surface area contributed by atoms with Gasteiger partial charge >= 0.3 is 0 Å². The van der Waals surface area contributed by atoms with E-state index < -0.39 is 5.79 Å². The molecule has 0 unspecified atom stereocenters. The minimum atomic E-state index is -1.51. The second kappa shape index (κ2) is 5.76. The van der Waals surface area contributed by atoms with Gasteiger partial charge in [-0.2, -0.15) is 0 Å². The van der Waals surface area contributed by atoms with Gasteiger partial charge in [0.2, 0.25) is 5.79 Å². The van der Waals surface area contributed by atoms with Crippen LogP contribution in [-0.4, -0.2) is 18.0 Å². The van der Waals surface area contributed by atoms with E-state index in [1.165, 1.54) is 6.42 Å². The summed E-state index contributed by atoms with van der Waals surface area (Å²) in [7, 11) is 0. The predicted molar refractivity (Wildman–Crippen MR) is 80.2 cm³/mol. The number of likely N-dealkylation sites (tertiary alicyclic amines) is 1. The Kier molecular flexibility index (Phi) is 3.83. The Balaban J connectivity index is 2.07. The molecule has 0 bridgehead atoms. The van der Waals surface area contributed by atoms with Crippen LogP contribution in [0.15, 0.2) is 60.7 Å². The van der Waals surface area contributed by atoms with E-state index in [1.807, 2.05) is 65.6 Å². The first kappa shape index (κ1) is 13.3. The first-order valence-corrected chi connectivity index (χ1v) is 7.37. The normalized spacial score (nSPS) is 17.1. The maximum atomic E-state index is 16.1. The van der Waals surface area contributed by atoms with E-state index in [2.05, 4.69) is 0 Å². The molecule has 1 aliphatic rings. The monoisotopic (exact) mass is 269 g/mol. The molecule has 0 aliphatic carbocycles. The summed E-state index contributed by atoms with van der Waals surface area (Å²) in [6.45, 7) is 1.64. The molecule has 1 fully saturated rings. The fourth-order valence-corrected chi connectivity index (χ4v) is 3.05. The number of hydrogen-bond donors (Lipinski definition) is 0. The highest BCUT2D eigenvalue weighted by molar-refractivity contribution is 5.35. The van der Waals surface area contributed by atoms with E-state index in [0.29, 0.717) is 0 Å². The largest absolute Gasteiger partial charge is 0.264 e. The van der Waals surface area contributed by atoms with Crippen molar-refractivity contribution in [1.82, 2.24) is 4.90 Å². The third-order valence-corrected chi connectivity index (χ3v) is 4.10. The summed E-state index contributed by atoms with van der Waals surface area (Å²) in [6.07, 6.45) is 3.35. The summed E-state index contributed by atoms with van der Waals surface area (Å²) >= 11 is 0. The Morgan fingerprint density at radius 3 is 1.60 bits per heavy atom. The zero-order valence-corrected chi connectivity index (χ0v) is 11.6. The third-order valence-electron chi connectivity index (χ3n) is 4.10. The second-order valence-corrected chi connectivity index (χ2v) is 5.40. The van der Waals surface area contributed by atoms with E-state index in [0.717, 1.165) is 37.1 Å². The van der Waals surface area contributed by atoms with E-state index in [1.54, 1.807) is 0 Å². The fourth-order valence-electron chi connectivity index (χ4n) is 3.05. The molecular weight excluding hydrogens is 249 g/mol. The van der Waals surface area contributed by atoms with Crippen LogP contribution >= 0.6 is 0 Å². The smallest absolute Gasteiger partial charge is 0.215 e. The fraction of sp³-hybridized carbons (Fsp3) is 0.333. The van der Waals surface area contributed by atoms with Crippen molar-refractivity contribution >= 4 is 0 Å². The van der Waals surface area contributed by atoms with Crippen molar-refractivity contribution in [2.45, 2.75) is 25.1 Å². The van der Waals surface area contributed by atoms with Crippen LogP contribution in [0.5, 0.6) is 0 Å². The van der Waals surface area contributed by atoms with Crippen LogP contribution in [0, 0.1) is 0 Å². The molecular formula is C18H20FN. The van der Waals surface area contributed by atoms with E-state index in [4.69, 9.17) is 0 Å². The van der Waals surface area contributed by atoms with Crippen LogP contribution in [-0.2, 0) is 5.79 Å². The van der Waals surface area contributed by atoms with Crippen molar-refractivity contribution in [3.05, 3.63) is 71.8 Å². The van der Waals surface area contributed by atoms with Gasteiger partial charge in [0.25, 0.3) is 0 Å². The van der Waals surface area contributed by atoms with Gasteiger partial charge in [0, 0.05) is 24.2 Å². The van der Waals surface area contributed by atoms with Gasteiger partial charge in [-0.15, -0.1) is 0 Å². The van der Waals surface area contributed by atoms with Crippen molar-refractivity contribution in [2.24, 2.45) is 0 Å². The van der Waals surface area contributed by atoms with Crippen molar-refractivity contribution < 1.29 is 4.39 Å². The van der Waals surface area contributed by atoms with E-state index in [-0.39, 0.29) is 0 Å². The number of benzene rings is 2. The Morgan fingerprint density at radius 1 is 0.700 bits per heavy atom. The first-order chi connectivity index (χ1) is 9.82. The van der Waals surface area contributed by atoms with Gasteiger partial charge in [0.05, 0.1) is 0 Å². The zero-order valence-electron chi connectivity index (χ0n) is 11.6. The van der Waals surface area contributed by atoms with Gasteiger partial charge in [-0.05, 0) is 12.8 Å². The SMILES string of the molecule is FC(c1ccccc1)(c1ccccc1)N1CCCCC1. The van der Waals surface area contributed by atoms with Crippen LogP contribution in [0.1, 0.15) is 30.4 Å². The standard InChI is InChI=1S/C18H20FN/c19-18(16-10-4-1-5-11-16,17-12-6-2-7-13-17)20-14-8-3-9-15-20/h1-2,4-7,10-13H,3,8-9,14-15H2. The summed E-state index contributed by atoms with van der Waals surface area (Å²) in [5, 5.41) is 0. The average molecular weight is 269 g/mol. The molecule has 2 heteroatoms. The number of alkyl halides is 1. The highest BCUT2D eigenvalue weighted by atomic mass is 19.1. The van der Waals surface area contributed by atoms with Gasteiger partial charge in [-0.1, -0.05) is 67.1 Å². The summed E-state index contributed by atoms with van der Waals surface area (Å²) in [5.74, 6) is -1.51. The van der Waals surface area contributed by atoms with Crippen LogP contribution in [0.4, 0.5) is 4.39 Å². The lowest BCUT2D eigenvalue weighted by Gasteiger charge is -2.40. The maximum absolute atomic E-state index is 16.1. The highest BCUT2D eigenvalue weighted by Crippen LogP contribution is 2.39. The molecule has 104 valence electrons. The molecule has 1 aliphatic heterocycles. The molecule has 0 amide bonds. The molecule has 2 aromatic carbocycles. The lowest BCUT2D eigenvalue weighted by Crippen LogP contribution is -2.46. The van der Waals surface area contributed by atoms with Crippen molar-refractivity contribution in [2.75, 3.05) is 13.1 Å². The number of hydrogen-bond acceptors (Lipinski definition) is 1. The van der Waals surface area contributed by atoms with Gasteiger partial charge in [0.1, 0.15) is 0 Å². The predicted octanol–water partition coefficient (Wildman–Crippen LogP) is 4.34. The minimum absolute atomic E-state index is 0.730.